The quantitative estimate of drug-likeness (QED) is 0.773. The second kappa shape index (κ2) is 3.46. The van der Waals surface area contributed by atoms with Crippen molar-refractivity contribution in [1.82, 2.24) is 0 Å². The third kappa shape index (κ3) is 1.80. The van der Waals surface area contributed by atoms with Gasteiger partial charge in [0.1, 0.15) is 11.5 Å². The van der Waals surface area contributed by atoms with Crippen molar-refractivity contribution in [2.45, 2.75) is 26.8 Å². The molecule has 14 heavy (non-hydrogen) atoms. The summed E-state index contributed by atoms with van der Waals surface area (Å²) in [6, 6.07) is 2.85. The Morgan fingerprint density at radius 3 is 2.50 bits per heavy atom. The molecule has 3 N–H and O–H groups in total. The Labute approximate surface area is 82.7 Å². The summed E-state index contributed by atoms with van der Waals surface area (Å²) >= 11 is 0. The molecule has 78 valence electrons. The maximum Gasteiger partial charge on any atom is 0.311 e. The Balaban J connectivity index is 2.95. The summed E-state index contributed by atoms with van der Waals surface area (Å²) in [5.74, 6) is 0.311. The van der Waals surface area contributed by atoms with E-state index in [1.165, 1.54) is 0 Å². The van der Waals surface area contributed by atoms with Gasteiger partial charge in [-0.3, -0.25) is 4.79 Å². The van der Waals surface area contributed by atoms with E-state index in [1.807, 2.05) is 0 Å². The predicted molar refractivity (Wildman–Crippen MR) is 51.8 cm³/mol. The van der Waals surface area contributed by atoms with Gasteiger partial charge in [-0.15, -0.1) is 0 Å². The van der Waals surface area contributed by atoms with Crippen LogP contribution in [0.15, 0.2) is 16.5 Å². The zero-order valence-electron chi connectivity index (χ0n) is 8.57. The molecule has 1 atom stereocenters. The molecule has 4 nitrogen and oxygen atoms in total. The molecule has 0 radical (unpaired) electrons. The molecule has 1 aromatic heterocycles. The van der Waals surface area contributed by atoms with Crippen LogP contribution in [0.4, 0.5) is 0 Å². The Bertz CT molecular complexity index is 341. The Kier molecular flexibility index (Phi) is 2.66. The van der Waals surface area contributed by atoms with Gasteiger partial charge in [0.25, 0.3) is 0 Å². The van der Waals surface area contributed by atoms with E-state index in [2.05, 4.69) is 0 Å². The van der Waals surface area contributed by atoms with E-state index in [4.69, 9.17) is 15.3 Å². The molecule has 0 saturated heterocycles. The van der Waals surface area contributed by atoms with Gasteiger partial charge >= 0.3 is 5.97 Å². The van der Waals surface area contributed by atoms with Crippen molar-refractivity contribution in [1.29, 1.82) is 0 Å². The fourth-order valence-electron chi connectivity index (χ4n) is 1.11. The van der Waals surface area contributed by atoms with Crippen LogP contribution in [0, 0.1) is 12.3 Å². The van der Waals surface area contributed by atoms with Crippen molar-refractivity contribution in [2.75, 3.05) is 0 Å². The molecule has 1 aromatic rings. The first-order valence-electron chi connectivity index (χ1n) is 4.41. The SMILES string of the molecule is Cc1ccc([C@@H](N)C(C)(C)C(=O)O)o1. The Hall–Kier alpha value is -1.29. The maximum absolute atomic E-state index is 10.9. The number of nitrogens with two attached hydrogens (primary N) is 1. The molecule has 0 aliphatic rings. The van der Waals surface area contributed by atoms with Crippen LogP contribution in [0.2, 0.25) is 0 Å². The van der Waals surface area contributed by atoms with Gasteiger partial charge in [0.2, 0.25) is 0 Å². The fraction of sp³-hybridized carbons (Fsp3) is 0.500. The topological polar surface area (TPSA) is 76.5 Å². The summed E-state index contributed by atoms with van der Waals surface area (Å²) in [6.07, 6.45) is 0. The molecule has 0 fully saturated rings. The van der Waals surface area contributed by atoms with E-state index in [-0.39, 0.29) is 0 Å². The average Bonchev–Trinajstić information content (AvgIpc) is 2.50. The zero-order valence-corrected chi connectivity index (χ0v) is 8.57. The second-order valence-electron chi connectivity index (χ2n) is 3.95. The van der Waals surface area contributed by atoms with Crippen molar-refractivity contribution in [3.8, 4) is 0 Å². The van der Waals surface area contributed by atoms with Crippen molar-refractivity contribution in [3.05, 3.63) is 23.7 Å². The summed E-state index contributed by atoms with van der Waals surface area (Å²) in [7, 11) is 0. The van der Waals surface area contributed by atoms with Crippen LogP contribution in [0.1, 0.15) is 31.4 Å². The van der Waals surface area contributed by atoms with Crippen LogP contribution in [-0.2, 0) is 4.79 Å². The van der Waals surface area contributed by atoms with E-state index in [0.717, 1.165) is 5.76 Å². The highest BCUT2D eigenvalue weighted by atomic mass is 16.4. The molecule has 0 saturated carbocycles. The van der Waals surface area contributed by atoms with Gasteiger partial charge in [0.05, 0.1) is 11.5 Å². The summed E-state index contributed by atoms with van der Waals surface area (Å²) in [5, 5.41) is 8.96. The van der Waals surface area contributed by atoms with Crippen molar-refractivity contribution in [3.63, 3.8) is 0 Å². The Morgan fingerprint density at radius 1 is 1.57 bits per heavy atom. The summed E-state index contributed by atoms with van der Waals surface area (Å²) in [5.41, 5.74) is 4.79. The molecule has 0 aliphatic heterocycles. The minimum absolute atomic E-state index is 0.509. The third-order valence-corrected chi connectivity index (χ3v) is 2.40. The number of furan rings is 1. The second-order valence-corrected chi connectivity index (χ2v) is 3.95. The first kappa shape index (κ1) is 10.8. The van der Waals surface area contributed by atoms with Crippen LogP contribution < -0.4 is 5.73 Å². The molecule has 0 amide bonds. The molecule has 0 unspecified atom stereocenters. The molecule has 0 spiro atoms. The minimum Gasteiger partial charge on any atom is -0.481 e. The van der Waals surface area contributed by atoms with Crippen LogP contribution >= 0.6 is 0 Å². The van der Waals surface area contributed by atoms with E-state index in [9.17, 15) is 4.79 Å². The molecule has 4 heteroatoms. The van der Waals surface area contributed by atoms with Gasteiger partial charge in [-0.1, -0.05) is 0 Å². The van der Waals surface area contributed by atoms with Crippen LogP contribution in [-0.4, -0.2) is 11.1 Å². The Morgan fingerprint density at radius 2 is 2.14 bits per heavy atom. The number of carbonyl (C=O) groups is 1. The highest BCUT2D eigenvalue weighted by Gasteiger charge is 2.37. The smallest absolute Gasteiger partial charge is 0.311 e. The third-order valence-electron chi connectivity index (χ3n) is 2.40. The lowest BCUT2D eigenvalue weighted by Gasteiger charge is -2.25. The van der Waals surface area contributed by atoms with Crippen molar-refractivity contribution < 1.29 is 14.3 Å². The standard InChI is InChI=1S/C10H15NO3/c1-6-4-5-7(14-6)8(11)10(2,3)9(12)13/h4-5,8H,11H2,1-3H3,(H,12,13)/t8-/m1/s1. The van der Waals surface area contributed by atoms with Crippen LogP contribution in [0.25, 0.3) is 0 Å². The zero-order chi connectivity index (χ0) is 10.9. The van der Waals surface area contributed by atoms with Gasteiger partial charge < -0.3 is 15.3 Å². The summed E-state index contributed by atoms with van der Waals surface area (Å²) in [4.78, 5) is 10.9. The highest BCUT2D eigenvalue weighted by molar-refractivity contribution is 5.74. The normalized spacial score (nSPS) is 14.0. The largest absolute Gasteiger partial charge is 0.481 e. The van der Waals surface area contributed by atoms with Gasteiger partial charge in [0.15, 0.2) is 0 Å². The number of rotatable bonds is 3. The van der Waals surface area contributed by atoms with E-state index < -0.39 is 17.4 Å². The molecule has 0 aliphatic carbocycles. The number of hydrogen-bond donors (Lipinski definition) is 2. The number of hydrogen-bond acceptors (Lipinski definition) is 3. The molecular formula is C10H15NO3. The molecule has 0 aromatic carbocycles. The number of carboxylic acids is 1. The van der Waals surface area contributed by atoms with Crippen LogP contribution in [0.3, 0.4) is 0 Å². The minimum atomic E-state index is -1.02. The van der Waals surface area contributed by atoms with Gasteiger partial charge in [0, 0.05) is 0 Å². The first-order chi connectivity index (χ1) is 6.35. The number of carboxylic acid groups (broad SMARTS) is 1. The predicted octanol–water partition coefficient (Wildman–Crippen LogP) is 1.70. The lowest BCUT2D eigenvalue weighted by molar-refractivity contribution is -0.148. The van der Waals surface area contributed by atoms with E-state index >= 15 is 0 Å². The maximum atomic E-state index is 10.9. The molecule has 0 bridgehead atoms. The summed E-state index contributed by atoms with van der Waals surface area (Å²) in [6.45, 7) is 4.96. The average molecular weight is 197 g/mol. The molecule has 1 heterocycles. The lowest BCUT2D eigenvalue weighted by Crippen LogP contribution is -2.36. The lowest BCUT2D eigenvalue weighted by atomic mass is 9.84. The van der Waals surface area contributed by atoms with Gasteiger partial charge in [-0.2, -0.15) is 0 Å². The summed E-state index contributed by atoms with van der Waals surface area (Å²) < 4.78 is 5.29. The van der Waals surface area contributed by atoms with Crippen molar-refractivity contribution in [2.24, 2.45) is 11.1 Å². The van der Waals surface area contributed by atoms with Crippen LogP contribution in [0.5, 0.6) is 0 Å². The van der Waals surface area contributed by atoms with E-state index in [1.54, 1.807) is 32.9 Å². The van der Waals surface area contributed by atoms with Crippen molar-refractivity contribution >= 4 is 5.97 Å². The highest BCUT2D eigenvalue weighted by Crippen LogP contribution is 2.32. The number of aryl methyl sites for hydroxylation is 1. The fourth-order valence-corrected chi connectivity index (χ4v) is 1.11. The van der Waals surface area contributed by atoms with E-state index in [0.29, 0.717) is 5.76 Å². The first-order valence-corrected chi connectivity index (χ1v) is 4.41. The van der Waals surface area contributed by atoms with Gasteiger partial charge in [-0.25, -0.2) is 0 Å². The molecular weight excluding hydrogens is 182 g/mol. The van der Waals surface area contributed by atoms with Gasteiger partial charge in [-0.05, 0) is 32.9 Å². The monoisotopic (exact) mass is 197 g/mol. The number of aliphatic carboxylic acids is 1. The molecule has 1 rings (SSSR count).